The number of benzene rings is 1. The minimum Gasteiger partial charge on any atom is -0.460 e. The number of hydrogen-bond acceptors (Lipinski definition) is 4. The predicted octanol–water partition coefficient (Wildman–Crippen LogP) is 4.15. The molecule has 0 saturated carbocycles. The van der Waals surface area contributed by atoms with Gasteiger partial charge in [0.1, 0.15) is 16.8 Å². The Bertz CT molecular complexity index is 594. The SMILES string of the molecule is CCOP(=O)(OCC)c1cc(C)oc1-c1ccccc1. The Hall–Kier alpha value is -1.35. The second-order valence-corrected chi connectivity index (χ2v) is 6.26. The highest BCUT2D eigenvalue weighted by Gasteiger charge is 2.33. The summed E-state index contributed by atoms with van der Waals surface area (Å²) in [6.45, 7) is 6.03. The summed E-state index contributed by atoms with van der Waals surface area (Å²) in [6, 6.07) is 11.3. The maximum absolute atomic E-state index is 12.9. The molecule has 5 heteroatoms. The van der Waals surface area contributed by atoms with Gasteiger partial charge >= 0.3 is 7.60 Å². The Morgan fingerprint density at radius 2 is 1.70 bits per heavy atom. The van der Waals surface area contributed by atoms with Crippen LogP contribution in [0.3, 0.4) is 0 Å². The van der Waals surface area contributed by atoms with Crippen molar-refractivity contribution in [3.8, 4) is 11.3 Å². The van der Waals surface area contributed by atoms with Gasteiger partial charge in [0.25, 0.3) is 0 Å². The van der Waals surface area contributed by atoms with Crippen molar-refractivity contribution in [2.45, 2.75) is 20.8 Å². The molecule has 1 heterocycles. The van der Waals surface area contributed by atoms with Crippen LogP contribution in [0.1, 0.15) is 19.6 Å². The maximum atomic E-state index is 12.9. The normalized spacial score (nSPS) is 11.8. The third kappa shape index (κ3) is 3.04. The van der Waals surface area contributed by atoms with Gasteiger partial charge in [-0.15, -0.1) is 0 Å². The standard InChI is InChI=1S/C15H19O4P/c1-4-17-20(16,18-5-2)14-11-12(3)19-15(14)13-9-7-6-8-10-13/h6-11H,4-5H2,1-3H3. The van der Waals surface area contributed by atoms with Gasteiger partial charge in [-0.25, -0.2) is 0 Å². The largest absolute Gasteiger partial charge is 0.460 e. The van der Waals surface area contributed by atoms with Crippen LogP contribution in [0.25, 0.3) is 11.3 Å². The molecule has 0 fully saturated rings. The molecule has 4 nitrogen and oxygen atoms in total. The van der Waals surface area contributed by atoms with Gasteiger partial charge in [0, 0.05) is 5.56 Å². The molecule has 0 spiro atoms. The summed E-state index contributed by atoms with van der Waals surface area (Å²) in [5.41, 5.74) is 0.857. The van der Waals surface area contributed by atoms with Crippen LogP contribution in [0.15, 0.2) is 40.8 Å². The van der Waals surface area contributed by atoms with E-state index in [4.69, 9.17) is 13.5 Å². The van der Waals surface area contributed by atoms with E-state index < -0.39 is 7.60 Å². The zero-order valence-corrected chi connectivity index (χ0v) is 12.9. The van der Waals surface area contributed by atoms with Crippen LogP contribution in [-0.4, -0.2) is 13.2 Å². The van der Waals surface area contributed by atoms with Gasteiger partial charge in [0.15, 0.2) is 0 Å². The first kappa shape index (κ1) is 15.0. The predicted molar refractivity (Wildman–Crippen MR) is 79.4 cm³/mol. The fraction of sp³-hybridized carbons (Fsp3) is 0.333. The average molecular weight is 294 g/mol. The zero-order chi connectivity index (χ0) is 14.6. The number of hydrogen-bond donors (Lipinski definition) is 0. The van der Waals surface area contributed by atoms with Crippen molar-refractivity contribution >= 4 is 12.9 Å². The van der Waals surface area contributed by atoms with E-state index in [1.54, 1.807) is 19.9 Å². The Kier molecular flexibility index (Phi) is 4.81. The lowest BCUT2D eigenvalue weighted by atomic mass is 10.2. The van der Waals surface area contributed by atoms with Gasteiger partial charge < -0.3 is 13.5 Å². The molecule has 0 bridgehead atoms. The summed E-state index contributed by atoms with van der Waals surface area (Å²) in [7, 11) is -3.35. The Morgan fingerprint density at radius 3 is 2.25 bits per heavy atom. The summed E-state index contributed by atoms with van der Waals surface area (Å²) in [6.07, 6.45) is 0. The van der Waals surface area contributed by atoms with Crippen molar-refractivity contribution in [1.82, 2.24) is 0 Å². The fourth-order valence-electron chi connectivity index (χ4n) is 2.02. The van der Waals surface area contributed by atoms with Crippen LogP contribution >= 0.6 is 7.60 Å². The molecule has 0 saturated heterocycles. The first-order valence-electron chi connectivity index (χ1n) is 6.66. The Balaban J connectivity index is 2.54. The third-order valence-electron chi connectivity index (χ3n) is 2.76. The smallest absolute Gasteiger partial charge is 0.365 e. The molecule has 20 heavy (non-hydrogen) atoms. The van der Waals surface area contributed by atoms with E-state index in [2.05, 4.69) is 0 Å². The molecule has 108 valence electrons. The number of aryl methyl sites for hydroxylation is 1. The van der Waals surface area contributed by atoms with Crippen molar-refractivity contribution in [3.05, 3.63) is 42.2 Å². The lowest BCUT2D eigenvalue weighted by Gasteiger charge is -2.16. The molecule has 0 aliphatic rings. The van der Waals surface area contributed by atoms with E-state index in [1.807, 2.05) is 37.3 Å². The molecule has 0 radical (unpaired) electrons. The summed E-state index contributed by atoms with van der Waals surface area (Å²) >= 11 is 0. The van der Waals surface area contributed by atoms with Crippen molar-refractivity contribution in [2.24, 2.45) is 0 Å². The highest BCUT2D eigenvalue weighted by atomic mass is 31.2. The number of furan rings is 1. The summed E-state index contributed by atoms with van der Waals surface area (Å²) < 4.78 is 29.4. The minimum atomic E-state index is -3.35. The van der Waals surface area contributed by atoms with E-state index in [9.17, 15) is 4.57 Å². The molecule has 0 atom stereocenters. The van der Waals surface area contributed by atoms with Crippen molar-refractivity contribution in [3.63, 3.8) is 0 Å². The Morgan fingerprint density at radius 1 is 1.10 bits per heavy atom. The van der Waals surface area contributed by atoms with Crippen LogP contribution in [0.4, 0.5) is 0 Å². The molecule has 0 aliphatic heterocycles. The summed E-state index contributed by atoms with van der Waals surface area (Å²) in [5.74, 6) is 1.23. The second-order valence-electron chi connectivity index (χ2n) is 4.27. The van der Waals surface area contributed by atoms with Gasteiger partial charge in [-0.05, 0) is 26.8 Å². The first-order chi connectivity index (χ1) is 9.60. The molecular weight excluding hydrogens is 275 g/mol. The van der Waals surface area contributed by atoms with E-state index in [0.29, 0.717) is 30.0 Å². The summed E-state index contributed by atoms with van der Waals surface area (Å²) in [4.78, 5) is 0. The molecule has 0 unspecified atom stereocenters. The van der Waals surface area contributed by atoms with E-state index in [-0.39, 0.29) is 0 Å². The lowest BCUT2D eigenvalue weighted by molar-refractivity contribution is 0.230. The molecule has 0 aliphatic carbocycles. The van der Waals surface area contributed by atoms with Crippen LogP contribution in [0.5, 0.6) is 0 Å². The molecule has 2 aromatic rings. The van der Waals surface area contributed by atoms with Gasteiger partial charge in [0.2, 0.25) is 0 Å². The van der Waals surface area contributed by atoms with Crippen molar-refractivity contribution in [1.29, 1.82) is 0 Å². The first-order valence-corrected chi connectivity index (χ1v) is 8.20. The Labute approximate surface area is 119 Å². The van der Waals surface area contributed by atoms with Crippen LogP contribution in [-0.2, 0) is 13.6 Å². The van der Waals surface area contributed by atoms with Crippen molar-refractivity contribution < 1.29 is 18.0 Å². The van der Waals surface area contributed by atoms with Crippen molar-refractivity contribution in [2.75, 3.05) is 13.2 Å². The molecule has 0 amide bonds. The number of rotatable bonds is 6. The van der Waals surface area contributed by atoms with E-state index in [0.717, 1.165) is 5.56 Å². The van der Waals surface area contributed by atoms with Gasteiger partial charge in [-0.3, -0.25) is 4.57 Å². The van der Waals surface area contributed by atoms with Gasteiger partial charge in [-0.2, -0.15) is 0 Å². The van der Waals surface area contributed by atoms with Gasteiger partial charge in [-0.1, -0.05) is 30.3 Å². The monoisotopic (exact) mass is 294 g/mol. The summed E-state index contributed by atoms with van der Waals surface area (Å²) in [5, 5.41) is 0.491. The zero-order valence-electron chi connectivity index (χ0n) is 12.0. The molecular formula is C15H19O4P. The molecule has 1 aromatic heterocycles. The molecule has 0 N–H and O–H groups in total. The topological polar surface area (TPSA) is 48.7 Å². The van der Waals surface area contributed by atoms with Crippen LogP contribution < -0.4 is 5.30 Å². The molecule has 2 rings (SSSR count). The van der Waals surface area contributed by atoms with Crippen LogP contribution in [0, 0.1) is 6.92 Å². The van der Waals surface area contributed by atoms with E-state index in [1.165, 1.54) is 0 Å². The minimum absolute atomic E-state index is 0.315. The molecule has 1 aromatic carbocycles. The second kappa shape index (κ2) is 6.40. The quantitative estimate of drug-likeness (QED) is 0.751. The lowest BCUT2D eigenvalue weighted by Crippen LogP contribution is -2.11. The highest BCUT2D eigenvalue weighted by Crippen LogP contribution is 2.49. The van der Waals surface area contributed by atoms with Crippen LogP contribution in [0.2, 0.25) is 0 Å². The fourth-order valence-corrected chi connectivity index (χ4v) is 3.81. The van der Waals surface area contributed by atoms with E-state index >= 15 is 0 Å². The average Bonchev–Trinajstić information content (AvgIpc) is 2.83. The van der Waals surface area contributed by atoms with Gasteiger partial charge in [0.05, 0.1) is 13.2 Å². The third-order valence-corrected chi connectivity index (χ3v) is 4.88. The maximum Gasteiger partial charge on any atom is 0.365 e. The highest BCUT2D eigenvalue weighted by molar-refractivity contribution is 7.62.